The summed E-state index contributed by atoms with van der Waals surface area (Å²) in [7, 11) is 0. The summed E-state index contributed by atoms with van der Waals surface area (Å²) in [6.45, 7) is 7.64. The molecule has 0 saturated carbocycles. The van der Waals surface area contributed by atoms with Crippen LogP contribution in [-0.4, -0.2) is 116 Å². The Bertz CT molecular complexity index is 233. The molecule has 0 aliphatic heterocycles. The summed E-state index contributed by atoms with van der Waals surface area (Å²) < 4.78 is 37.1. The maximum Gasteiger partial charge on any atom is 0.0701 e. The van der Waals surface area contributed by atoms with E-state index in [-0.39, 0.29) is 13.2 Å². The molecule has 0 aliphatic carbocycles. The maximum absolute atomic E-state index is 8.52. The molecule has 0 aromatic carbocycles. The summed E-state index contributed by atoms with van der Waals surface area (Å²) in [4.78, 5) is 0. The Morgan fingerprint density at radius 3 is 0.815 bits per heavy atom. The number of rotatable bonds is 24. The van der Waals surface area contributed by atoms with Gasteiger partial charge in [-0.15, -0.1) is 0 Å². The van der Waals surface area contributed by atoms with Crippen molar-refractivity contribution in [2.45, 2.75) is 12.8 Å². The molecular weight excluding hydrogens is 360 g/mol. The van der Waals surface area contributed by atoms with Gasteiger partial charge in [0, 0.05) is 26.4 Å². The van der Waals surface area contributed by atoms with E-state index in [2.05, 4.69) is 0 Å². The van der Waals surface area contributed by atoms with Crippen LogP contribution in [0.1, 0.15) is 12.8 Å². The first kappa shape index (κ1) is 26.6. The van der Waals surface area contributed by atoms with Gasteiger partial charge in [0.15, 0.2) is 0 Å². The third-order valence-electron chi connectivity index (χ3n) is 3.11. The van der Waals surface area contributed by atoms with E-state index in [1.165, 1.54) is 0 Å². The van der Waals surface area contributed by atoms with Crippen LogP contribution in [0.4, 0.5) is 0 Å². The van der Waals surface area contributed by atoms with E-state index in [9.17, 15) is 0 Å². The smallest absolute Gasteiger partial charge is 0.0701 e. The van der Waals surface area contributed by atoms with Crippen LogP contribution in [0.2, 0.25) is 0 Å². The lowest BCUT2D eigenvalue weighted by atomic mass is 10.4. The number of aliphatic hydroxyl groups is 2. The highest BCUT2D eigenvalue weighted by Gasteiger charge is 1.95. The summed E-state index contributed by atoms with van der Waals surface area (Å²) in [5.74, 6) is 0. The topological polar surface area (TPSA) is 105 Å². The van der Waals surface area contributed by atoms with Gasteiger partial charge in [-0.25, -0.2) is 0 Å². The SMILES string of the molecule is OCCOCCOCCOCCCOCCCOCCOCCOCCO. The van der Waals surface area contributed by atoms with Gasteiger partial charge in [0.2, 0.25) is 0 Å². The molecule has 0 amide bonds. The minimum absolute atomic E-state index is 0.0383. The molecule has 9 nitrogen and oxygen atoms in total. The van der Waals surface area contributed by atoms with E-state index < -0.39 is 0 Å². The Hall–Kier alpha value is -0.360. The first-order valence-electron chi connectivity index (χ1n) is 9.67. The Morgan fingerprint density at radius 2 is 0.519 bits per heavy atom. The molecule has 0 fully saturated rings. The van der Waals surface area contributed by atoms with Crippen molar-refractivity contribution in [3.63, 3.8) is 0 Å². The molecule has 27 heavy (non-hydrogen) atoms. The van der Waals surface area contributed by atoms with Gasteiger partial charge in [-0.3, -0.25) is 0 Å². The fraction of sp³-hybridized carbons (Fsp3) is 1.00. The van der Waals surface area contributed by atoms with E-state index in [0.29, 0.717) is 92.5 Å². The fourth-order valence-electron chi connectivity index (χ4n) is 1.84. The standard InChI is InChI=1S/C18H38O9/c19-3-9-24-13-17-26-15-11-22-7-1-5-21-6-2-8-23-12-16-27-18-14-25-10-4-20/h19-20H,1-18H2. The fourth-order valence-corrected chi connectivity index (χ4v) is 1.84. The van der Waals surface area contributed by atoms with Crippen LogP contribution in [0.3, 0.4) is 0 Å². The Labute approximate surface area is 162 Å². The zero-order valence-electron chi connectivity index (χ0n) is 16.5. The molecule has 0 saturated heterocycles. The second-order valence-electron chi connectivity index (χ2n) is 5.44. The average Bonchev–Trinajstić information content (AvgIpc) is 2.68. The van der Waals surface area contributed by atoms with Gasteiger partial charge in [-0.1, -0.05) is 0 Å². The first-order valence-corrected chi connectivity index (χ1v) is 9.67. The summed E-state index contributed by atoms with van der Waals surface area (Å²) in [6, 6.07) is 0. The largest absolute Gasteiger partial charge is 0.394 e. The van der Waals surface area contributed by atoms with Gasteiger partial charge < -0.3 is 43.4 Å². The predicted octanol–water partition coefficient (Wildman–Crippen LogP) is -0.133. The lowest BCUT2D eigenvalue weighted by Gasteiger charge is -2.08. The molecule has 164 valence electrons. The van der Waals surface area contributed by atoms with E-state index >= 15 is 0 Å². The maximum atomic E-state index is 8.52. The minimum atomic E-state index is 0.0383. The van der Waals surface area contributed by atoms with Crippen LogP contribution in [0.25, 0.3) is 0 Å². The second-order valence-corrected chi connectivity index (χ2v) is 5.44. The summed E-state index contributed by atoms with van der Waals surface area (Å²) >= 11 is 0. The highest BCUT2D eigenvalue weighted by Crippen LogP contribution is 1.90. The van der Waals surface area contributed by atoms with Crippen LogP contribution >= 0.6 is 0 Å². The first-order chi connectivity index (χ1) is 13.4. The van der Waals surface area contributed by atoms with Crippen LogP contribution in [0.15, 0.2) is 0 Å². The molecular formula is C18H38O9. The monoisotopic (exact) mass is 398 g/mol. The quantitative estimate of drug-likeness (QED) is 0.215. The lowest BCUT2D eigenvalue weighted by molar-refractivity contribution is -0.000131. The Morgan fingerprint density at radius 1 is 0.296 bits per heavy atom. The van der Waals surface area contributed by atoms with Crippen molar-refractivity contribution in [1.29, 1.82) is 0 Å². The second kappa shape index (κ2) is 25.6. The molecule has 2 N–H and O–H groups in total. The highest BCUT2D eigenvalue weighted by molar-refractivity contribution is 4.40. The molecule has 0 aromatic rings. The van der Waals surface area contributed by atoms with Crippen molar-refractivity contribution in [1.82, 2.24) is 0 Å². The summed E-state index contributed by atoms with van der Waals surface area (Å²) in [5, 5.41) is 17.0. The lowest BCUT2D eigenvalue weighted by Crippen LogP contribution is -2.12. The van der Waals surface area contributed by atoms with Crippen molar-refractivity contribution >= 4 is 0 Å². The van der Waals surface area contributed by atoms with Crippen LogP contribution in [-0.2, 0) is 33.2 Å². The number of ether oxygens (including phenoxy) is 7. The Balaban J connectivity index is 2.95. The molecule has 0 heterocycles. The molecule has 0 rings (SSSR count). The summed E-state index contributed by atoms with van der Waals surface area (Å²) in [6.07, 6.45) is 1.71. The number of hydrogen-bond acceptors (Lipinski definition) is 9. The van der Waals surface area contributed by atoms with Gasteiger partial charge in [0.1, 0.15) is 0 Å². The van der Waals surface area contributed by atoms with Gasteiger partial charge in [-0.05, 0) is 12.8 Å². The third-order valence-corrected chi connectivity index (χ3v) is 3.11. The van der Waals surface area contributed by atoms with Crippen LogP contribution in [0.5, 0.6) is 0 Å². The number of aliphatic hydroxyl groups excluding tert-OH is 2. The molecule has 0 radical (unpaired) electrons. The summed E-state index contributed by atoms with van der Waals surface area (Å²) in [5.41, 5.74) is 0. The molecule has 0 spiro atoms. The van der Waals surface area contributed by atoms with E-state index in [4.69, 9.17) is 43.4 Å². The van der Waals surface area contributed by atoms with E-state index in [1.54, 1.807) is 0 Å². The Kier molecular flexibility index (Phi) is 25.3. The van der Waals surface area contributed by atoms with E-state index in [1.807, 2.05) is 0 Å². The van der Waals surface area contributed by atoms with Gasteiger partial charge in [0.25, 0.3) is 0 Å². The third kappa shape index (κ3) is 25.6. The predicted molar refractivity (Wildman–Crippen MR) is 99.1 cm³/mol. The highest BCUT2D eigenvalue weighted by atomic mass is 16.6. The van der Waals surface area contributed by atoms with Crippen molar-refractivity contribution in [2.75, 3.05) is 106 Å². The molecule has 0 aromatic heterocycles. The van der Waals surface area contributed by atoms with Crippen molar-refractivity contribution < 1.29 is 43.4 Å². The van der Waals surface area contributed by atoms with Crippen molar-refractivity contribution in [2.24, 2.45) is 0 Å². The van der Waals surface area contributed by atoms with E-state index in [0.717, 1.165) is 12.8 Å². The number of hydrogen-bond donors (Lipinski definition) is 2. The van der Waals surface area contributed by atoms with Crippen molar-refractivity contribution in [3.05, 3.63) is 0 Å². The zero-order chi connectivity index (χ0) is 19.7. The van der Waals surface area contributed by atoms with Crippen LogP contribution < -0.4 is 0 Å². The molecule has 0 atom stereocenters. The minimum Gasteiger partial charge on any atom is -0.394 e. The van der Waals surface area contributed by atoms with Gasteiger partial charge in [0.05, 0.1) is 79.3 Å². The molecule has 0 unspecified atom stereocenters. The van der Waals surface area contributed by atoms with Crippen LogP contribution in [0, 0.1) is 0 Å². The normalized spacial score (nSPS) is 11.3. The molecule has 9 heteroatoms. The average molecular weight is 398 g/mol. The van der Waals surface area contributed by atoms with Gasteiger partial charge in [-0.2, -0.15) is 0 Å². The van der Waals surface area contributed by atoms with Gasteiger partial charge >= 0.3 is 0 Å². The zero-order valence-corrected chi connectivity index (χ0v) is 16.5. The van der Waals surface area contributed by atoms with Crippen molar-refractivity contribution in [3.8, 4) is 0 Å². The molecule has 0 aliphatic rings. The molecule has 0 bridgehead atoms.